The molecule has 0 aliphatic carbocycles. The molecule has 0 saturated carbocycles. The van der Waals surface area contributed by atoms with Crippen LogP contribution in [-0.4, -0.2) is 17.6 Å². The van der Waals surface area contributed by atoms with E-state index in [1.807, 2.05) is 35.9 Å². The quantitative estimate of drug-likeness (QED) is 0.739. The number of nitrogens with one attached hydrogen (secondary N) is 1. The second-order valence-corrected chi connectivity index (χ2v) is 6.23. The standard InChI is InChI=1S/C19H19ClN2O2/c1-12-4-6-17-14(10-12)8-9-22(17)13(2)19(23)21-16-11-15(20)5-7-18(16)24-3/h4-11,13H,1-3H3,(H,21,23). The summed E-state index contributed by atoms with van der Waals surface area (Å²) in [6.45, 7) is 3.92. The third-order valence-corrected chi connectivity index (χ3v) is 4.33. The molecule has 1 unspecified atom stereocenters. The van der Waals surface area contributed by atoms with Crippen molar-refractivity contribution in [1.29, 1.82) is 0 Å². The molecule has 0 spiro atoms. The highest BCUT2D eigenvalue weighted by molar-refractivity contribution is 6.31. The minimum atomic E-state index is -0.367. The van der Waals surface area contributed by atoms with Gasteiger partial charge in [-0.05, 0) is 55.6 Å². The van der Waals surface area contributed by atoms with Crippen molar-refractivity contribution in [2.45, 2.75) is 19.9 Å². The first kappa shape index (κ1) is 16.4. The van der Waals surface area contributed by atoms with E-state index in [0.717, 1.165) is 10.9 Å². The number of halogens is 1. The van der Waals surface area contributed by atoms with E-state index in [0.29, 0.717) is 16.5 Å². The van der Waals surface area contributed by atoms with Crippen molar-refractivity contribution < 1.29 is 9.53 Å². The van der Waals surface area contributed by atoms with Crippen LogP contribution in [0.25, 0.3) is 10.9 Å². The first-order valence-electron chi connectivity index (χ1n) is 7.71. The summed E-state index contributed by atoms with van der Waals surface area (Å²) in [5.74, 6) is 0.446. The second kappa shape index (κ2) is 6.57. The molecule has 124 valence electrons. The number of aromatic nitrogens is 1. The summed E-state index contributed by atoms with van der Waals surface area (Å²) < 4.78 is 7.23. The predicted molar refractivity (Wildman–Crippen MR) is 98.0 cm³/mol. The van der Waals surface area contributed by atoms with Gasteiger partial charge in [0.1, 0.15) is 11.8 Å². The number of fused-ring (bicyclic) bond motifs is 1. The van der Waals surface area contributed by atoms with E-state index in [4.69, 9.17) is 16.3 Å². The zero-order chi connectivity index (χ0) is 17.3. The van der Waals surface area contributed by atoms with E-state index in [1.54, 1.807) is 25.3 Å². The van der Waals surface area contributed by atoms with Gasteiger partial charge in [-0.25, -0.2) is 0 Å². The van der Waals surface area contributed by atoms with Gasteiger partial charge in [-0.15, -0.1) is 0 Å². The number of nitrogens with zero attached hydrogens (tertiary/aromatic N) is 1. The summed E-state index contributed by atoms with van der Waals surface area (Å²) in [5.41, 5.74) is 2.79. The fourth-order valence-corrected chi connectivity index (χ4v) is 2.93. The smallest absolute Gasteiger partial charge is 0.247 e. The van der Waals surface area contributed by atoms with Crippen LogP contribution in [0.5, 0.6) is 5.75 Å². The highest BCUT2D eigenvalue weighted by Gasteiger charge is 2.18. The Bertz CT molecular complexity index is 902. The average molecular weight is 343 g/mol. The third kappa shape index (κ3) is 3.10. The molecule has 0 bridgehead atoms. The zero-order valence-corrected chi connectivity index (χ0v) is 14.6. The van der Waals surface area contributed by atoms with E-state index >= 15 is 0 Å². The maximum absolute atomic E-state index is 12.7. The number of amides is 1. The molecule has 0 fully saturated rings. The number of carbonyl (C=O) groups is 1. The van der Waals surface area contributed by atoms with Crippen LogP contribution < -0.4 is 10.1 Å². The molecule has 0 aliphatic rings. The van der Waals surface area contributed by atoms with Gasteiger partial charge in [-0.2, -0.15) is 0 Å². The van der Waals surface area contributed by atoms with Crippen molar-refractivity contribution in [1.82, 2.24) is 4.57 Å². The molecule has 3 rings (SSSR count). The zero-order valence-electron chi connectivity index (χ0n) is 13.8. The fraction of sp³-hybridized carbons (Fsp3) is 0.211. The number of carbonyl (C=O) groups excluding carboxylic acids is 1. The van der Waals surface area contributed by atoms with Crippen molar-refractivity contribution in [2.24, 2.45) is 0 Å². The summed E-state index contributed by atoms with van der Waals surface area (Å²) in [6.07, 6.45) is 1.93. The van der Waals surface area contributed by atoms with Crippen molar-refractivity contribution in [3.05, 3.63) is 59.2 Å². The van der Waals surface area contributed by atoms with Crippen LogP contribution in [0.3, 0.4) is 0 Å². The molecule has 0 aliphatic heterocycles. The minimum Gasteiger partial charge on any atom is -0.495 e. The largest absolute Gasteiger partial charge is 0.495 e. The van der Waals surface area contributed by atoms with Gasteiger partial charge in [0.15, 0.2) is 0 Å². The lowest BCUT2D eigenvalue weighted by molar-refractivity contribution is -0.118. The molecule has 1 N–H and O–H groups in total. The van der Waals surface area contributed by atoms with Crippen LogP contribution in [-0.2, 0) is 4.79 Å². The highest BCUT2D eigenvalue weighted by atomic mass is 35.5. The first-order chi connectivity index (χ1) is 11.5. The van der Waals surface area contributed by atoms with Crippen molar-refractivity contribution in [3.8, 4) is 5.75 Å². The lowest BCUT2D eigenvalue weighted by Crippen LogP contribution is -2.23. The van der Waals surface area contributed by atoms with Crippen LogP contribution in [0.4, 0.5) is 5.69 Å². The monoisotopic (exact) mass is 342 g/mol. The lowest BCUT2D eigenvalue weighted by Gasteiger charge is -2.17. The average Bonchev–Trinajstić information content (AvgIpc) is 2.97. The minimum absolute atomic E-state index is 0.131. The van der Waals surface area contributed by atoms with E-state index in [-0.39, 0.29) is 11.9 Å². The first-order valence-corrected chi connectivity index (χ1v) is 8.09. The Balaban J connectivity index is 1.88. The molecule has 1 amide bonds. The number of anilines is 1. The molecule has 3 aromatic rings. The molecule has 0 radical (unpaired) electrons. The van der Waals surface area contributed by atoms with Crippen LogP contribution in [0.2, 0.25) is 5.02 Å². The molecule has 4 nitrogen and oxygen atoms in total. The molecular weight excluding hydrogens is 324 g/mol. The molecule has 1 heterocycles. The van der Waals surface area contributed by atoms with Crippen molar-refractivity contribution >= 4 is 34.1 Å². The van der Waals surface area contributed by atoms with E-state index in [2.05, 4.69) is 18.3 Å². The van der Waals surface area contributed by atoms with E-state index in [9.17, 15) is 4.79 Å². The second-order valence-electron chi connectivity index (χ2n) is 5.80. The number of hydrogen-bond acceptors (Lipinski definition) is 2. The molecular formula is C19H19ClN2O2. The van der Waals surface area contributed by atoms with Gasteiger partial charge in [0, 0.05) is 16.7 Å². The molecule has 0 saturated heterocycles. The normalized spacial score (nSPS) is 12.2. The predicted octanol–water partition coefficient (Wildman–Crippen LogP) is 4.81. The third-order valence-electron chi connectivity index (χ3n) is 4.09. The molecule has 1 atom stereocenters. The summed E-state index contributed by atoms with van der Waals surface area (Å²) in [5, 5.41) is 4.56. The maximum Gasteiger partial charge on any atom is 0.247 e. The van der Waals surface area contributed by atoms with Crippen molar-refractivity contribution in [3.63, 3.8) is 0 Å². The number of benzene rings is 2. The number of aryl methyl sites for hydroxylation is 1. The Morgan fingerprint density at radius 1 is 1.21 bits per heavy atom. The van der Waals surface area contributed by atoms with Gasteiger partial charge >= 0.3 is 0 Å². The van der Waals surface area contributed by atoms with Gasteiger partial charge in [0.25, 0.3) is 0 Å². The number of ether oxygens (including phenoxy) is 1. The maximum atomic E-state index is 12.7. The molecule has 24 heavy (non-hydrogen) atoms. The Kier molecular flexibility index (Phi) is 4.49. The van der Waals surface area contributed by atoms with Crippen LogP contribution in [0, 0.1) is 6.92 Å². The summed E-state index contributed by atoms with van der Waals surface area (Å²) in [4.78, 5) is 12.7. The summed E-state index contributed by atoms with van der Waals surface area (Å²) >= 11 is 6.02. The number of hydrogen-bond donors (Lipinski definition) is 1. The number of methoxy groups -OCH3 is 1. The van der Waals surface area contributed by atoms with Crippen LogP contribution in [0.15, 0.2) is 48.7 Å². The highest BCUT2D eigenvalue weighted by Crippen LogP contribution is 2.29. The molecule has 2 aromatic carbocycles. The van der Waals surface area contributed by atoms with Gasteiger partial charge in [-0.1, -0.05) is 23.2 Å². The van der Waals surface area contributed by atoms with Gasteiger partial charge in [0.05, 0.1) is 12.8 Å². The van der Waals surface area contributed by atoms with Gasteiger partial charge < -0.3 is 14.6 Å². The van der Waals surface area contributed by atoms with Gasteiger partial charge in [0.2, 0.25) is 5.91 Å². The number of rotatable bonds is 4. The summed E-state index contributed by atoms with van der Waals surface area (Å²) in [7, 11) is 1.56. The summed E-state index contributed by atoms with van der Waals surface area (Å²) in [6, 6.07) is 13.0. The molecule has 1 aromatic heterocycles. The molecule has 5 heteroatoms. The Hall–Kier alpha value is -2.46. The topological polar surface area (TPSA) is 43.3 Å². The Morgan fingerprint density at radius 3 is 2.75 bits per heavy atom. The Morgan fingerprint density at radius 2 is 2.00 bits per heavy atom. The van der Waals surface area contributed by atoms with E-state index in [1.165, 1.54) is 5.56 Å². The van der Waals surface area contributed by atoms with Crippen LogP contribution >= 0.6 is 11.6 Å². The van der Waals surface area contributed by atoms with E-state index < -0.39 is 0 Å². The lowest BCUT2D eigenvalue weighted by atomic mass is 10.2. The Labute approximate surface area is 146 Å². The van der Waals surface area contributed by atoms with Crippen molar-refractivity contribution in [2.75, 3.05) is 12.4 Å². The van der Waals surface area contributed by atoms with Gasteiger partial charge in [-0.3, -0.25) is 4.79 Å². The fourth-order valence-electron chi connectivity index (χ4n) is 2.76. The van der Waals surface area contributed by atoms with Crippen LogP contribution in [0.1, 0.15) is 18.5 Å². The SMILES string of the molecule is COc1ccc(Cl)cc1NC(=O)C(C)n1ccc2cc(C)ccc21.